The molecule has 0 aromatic heterocycles. The van der Waals surface area contributed by atoms with Crippen molar-refractivity contribution in [3.8, 4) is 0 Å². The zero-order valence-corrected chi connectivity index (χ0v) is 12.6. The first-order chi connectivity index (χ1) is 9.11. The summed E-state index contributed by atoms with van der Waals surface area (Å²) in [5, 5.41) is 0. The van der Waals surface area contributed by atoms with Gasteiger partial charge in [0, 0.05) is 19.0 Å². The van der Waals surface area contributed by atoms with Crippen LogP contribution in [0.15, 0.2) is 0 Å². The van der Waals surface area contributed by atoms with Crippen molar-refractivity contribution in [2.75, 3.05) is 13.6 Å². The van der Waals surface area contributed by atoms with Gasteiger partial charge in [-0.2, -0.15) is 0 Å². The highest BCUT2D eigenvalue weighted by atomic mass is 16.2. The van der Waals surface area contributed by atoms with Gasteiger partial charge in [-0.15, -0.1) is 0 Å². The zero-order chi connectivity index (χ0) is 13.8. The first kappa shape index (κ1) is 14.8. The maximum absolute atomic E-state index is 12.6. The molecule has 0 aromatic rings. The molecule has 0 aliphatic heterocycles. The molecule has 0 heterocycles. The van der Waals surface area contributed by atoms with Crippen LogP contribution in [0.1, 0.15) is 58.3 Å². The highest BCUT2D eigenvalue weighted by Gasteiger charge is 2.31. The Bertz CT molecular complexity index is 297. The van der Waals surface area contributed by atoms with Crippen LogP contribution in [0.3, 0.4) is 0 Å². The van der Waals surface area contributed by atoms with Crippen molar-refractivity contribution in [2.45, 2.75) is 64.3 Å². The molecule has 0 spiro atoms. The number of carbonyl (C=O) groups is 1. The van der Waals surface area contributed by atoms with Crippen LogP contribution >= 0.6 is 0 Å². The van der Waals surface area contributed by atoms with Crippen LogP contribution in [0.4, 0.5) is 0 Å². The molecule has 2 saturated carbocycles. The maximum Gasteiger partial charge on any atom is 0.225 e. The first-order valence-corrected chi connectivity index (χ1v) is 8.08. The molecule has 2 rings (SSSR count). The summed E-state index contributed by atoms with van der Waals surface area (Å²) in [6.45, 7) is 3.10. The van der Waals surface area contributed by atoms with E-state index in [2.05, 4.69) is 11.8 Å². The molecule has 2 unspecified atom stereocenters. The van der Waals surface area contributed by atoms with Crippen LogP contribution in [0.5, 0.6) is 0 Å². The molecule has 19 heavy (non-hydrogen) atoms. The lowest BCUT2D eigenvalue weighted by Gasteiger charge is -2.37. The van der Waals surface area contributed by atoms with Crippen LogP contribution < -0.4 is 5.73 Å². The van der Waals surface area contributed by atoms with Crippen molar-refractivity contribution in [3.63, 3.8) is 0 Å². The van der Waals surface area contributed by atoms with Crippen LogP contribution in [-0.2, 0) is 4.79 Å². The predicted octanol–water partition coefficient (Wildman–Crippen LogP) is 2.79. The molecular formula is C16H30N2O. The van der Waals surface area contributed by atoms with Crippen molar-refractivity contribution in [3.05, 3.63) is 0 Å². The molecule has 110 valence electrons. The molecule has 1 amide bonds. The van der Waals surface area contributed by atoms with Crippen LogP contribution in [0.25, 0.3) is 0 Å². The average molecular weight is 266 g/mol. The summed E-state index contributed by atoms with van der Waals surface area (Å²) >= 11 is 0. The van der Waals surface area contributed by atoms with Gasteiger partial charge in [-0.05, 0) is 56.9 Å². The van der Waals surface area contributed by atoms with E-state index in [0.717, 1.165) is 38.1 Å². The largest absolute Gasteiger partial charge is 0.343 e. The molecule has 0 bridgehead atoms. The molecule has 2 aliphatic rings. The summed E-state index contributed by atoms with van der Waals surface area (Å²) in [7, 11) is 2.03. The molecular weight excluding hydrogens is 236 g/mol. The Morgan fingerprint density at radius 3 is 2.42 bits per heavy atom. The van der Waals surface area contributed by atoms with Gasteiger partial charge in [0.15, 0.2) is 0 Å². The second kappa shape index (κ2) is 6.74. The summed E-state index contributed by atoms with van der Waals surface area (Å²) in [6.07, 6.45) is 9.39. The third kappa shape index (κ3) is 3.71. The van der Waals surface area contributed by atoms with E-state index >= 15 is 0 Å². The van der Waals surface area contributed by atoms with E-state index in [1.54, 1.807) is 0 Å². The Morgan fingerprint density at radius 2 is 1.84 bits per heavy atom. The lowest BCUT2D eigenvalue weighted by Crippen LogP contribution is -2.43. The van der Waals surface area contributed by atoms with Gasteiger partial charge in [0.05, 0.1) is 0 Å². The van der Waals surface area contributed by atoms with Gasteiger partial charge in [0.1, 0.15) is 0 Å². The number of hydrogen-bond donors (Lipinski definition) is 1. The first-order valence-electron chi connectivity index (χ1n) is 8.08. The molecule has 0 saturated heterocycles. The predicted molar refractivity (Wildman–Crippen MR) is 78.7 cm³/mol. The van der Waals surface area contributed by atoms with Crippen LogP contribution in [0, 0.1) is 17.8 Å². The van der Waals surface area contributed by atoms with Crippen LogP contribution in [0.2, 0.25) is 0 Å². The number of hydrogen-bond acceptors (Lipinski definition) is 2. The minimum Gasteiger partial charge on any atom is -0.343 e. The number of rotatable bonds is 3. The molecule has 2 fully saturated rings. The number of amides is 1. The summed E-state index contributed by atoms with van der Waals surface area (Å²) in [5.41, 5.74) is 5.72. The van der Waals surface area contributed by atoms with Crippen molar-refractivity contribution in [1.29, 1.82) is 0 Å². The Labute approximate surface area is 117 Å². The number of nitrogens with zero attached hydrogens (tertiary/aromatic N) is 1. The highest BCUT2D eigenvalue weighted by molar-refractivity contribution is 5.79. The summed E-state index contributed by atoms with van der Waals surface area (Å²) in [6, 6.07) is 0.489. The van der Waals surface area contributed by atoms with Gasteiger partial charge < -0.3 is 10.6 Å². The lowest BCUT2D eigenvalue weighted by atomic mass is 9.80. The molecule has 2 atom stereocenters. The summed E-state index contributed by atoms with van der Waals surface area (Å²) < 4.78 is 0. The third-order valence-electron chi connectivity index (χ3n) is 5.33. The van der Waals surface area contributed by atoms with Crippen molar-refractivity contribution < 1.29 is 4.79 Å². The molecule has 3 heteroatoms. The van der Waals surface area contributed by atoms with E-state index in [0.29, 0.717) is 17.9 Å². The minimum absolute atomic E-state index is 0.269. The number of nitrogens with two attached hydrogens (primary N) is 1. The van der Waals surface area contributed by atoms with Gasteiger partial charge in [0.25, 0.3) is 0 Å². The Morgan fingerprint density at radius 1 is 1.16 bits per heavy atom. The molecule has 2 N–H and O–H groups in total. The normalized spacial score (nSPS) is 35.9. The SMILES string of the molecule is CC1CCCC(N(C)C(=O)C2CCC(CN)CC2)C1. The van der Waals surface area contributed by atoms with Gasteiger partial charge in [-0.25, -0.2) is 0 Å². The van der Waals surface area contributed by atoms with Gasteiger partial charge in [-0.3, -0.25) is 4.79 Å². The maximum atomic E-state index is 12.6. The summed E-state index contributed by atoms with van der Waals surface area (Å²) in [4.78, 5) is 14.7. The Hall–Kier alpha value is -0.570. The summed E-state index contributed by atoms with van der Waals surface area (Å²) in [5.74, 6) is 2.10. The molecule has 0 radical (unpaired) electrons. The van der Waals surface area contributed by atoms with E-state index in [1.807, 2.05) is 7.05 Å². The van der Waals surface area contributed by atoms with E-state index in [1.165, 1.54) is 25.7 Å². The Kier molecular flexibility index (Phi) is 5.26. The Balaban J connectivity index is 1.85. The van der Waals surface area contributed by atoms with E-state index in [-0.39, 0.29) is 5.92 Å². The van der Waals surface area contributed by atoms with Crippen LogP contribution in [-0.4, -0.2) is 30.4 Å². The van der Waals surface area contributed by atoms with E-state index < -0.39 is 0 Å². The quantitative estimate of drug-likeness (QED) is 0.854. The lowest BCUT2D eigenvalue weighted by molar-refractivity contribution is -0.138. The van der Waals surface area contributed by atoms with Gasteiger partial charge in [-0.1, -0.05) is 19.8 Å². The smallest absolute Gasteiger partial charge is 0.225 e. The second-order valence-corrected chi connectivity index (χ2v) is 6.83. The molecule has 2 aliphatic carbocycles. The van der Waals surface area contributed by atoms with E-state index in [4.69, 9.17) is 5.73 Å². The fourth-order valence-corrected chi connectivity index (χ4v) is 3.87. The van der Waals surface area contributed by atoms with Gasteiger partial charge in [0.2, 0.25) is 5.91 Å². The van der Waals surface area contributed by atoms with E-state index in [9.17, 15) is 4.79 Å². The molecule has 3 nitrogen and oxygen atoms in total. The minimum atomic E-state index is 0.269. The molecule has 0 aromatic carbocycles. The second-order valence-electron chi connectivity index (χ2n) is 6.83. The average Bonchev–Trinajstić information content (AvgIpc) is 2.46. The fourth-order valence-electron chi connectivity index (χ4n) is 3.87. The zero-order valence-electron chi connectivity index (χ0n) is 12.6. The van der Waals surface area contributed by atoms with Crippen molar-refractivity contribution in [2.24, 2.45) is 23.5 Å². The fraction of sp³-hybridized carbons (Fsp3) is 0.938. The van der Waals surface area contributed by atoms with Crippen molar-refractivity contribution >= 4 is 5.91 Å². The number of carbonyl (C=O) groups excluding carboxylic acids is 1. The standard InChI is InChI=1S/C16H30N2O/c1-12-4-3-5-15(10-12)18(2)16(19)14-8-6-13(11-17)7-9-14/h12-15H,3-11,17H2,1-2H3. The monoisotopic (exact) mass is 266 g/mol. The van der Waals surface area contributed by atoms with Crippen molar-refractivity contribution in [1.82, 2.24) is 4.90 Å². The highest BCUT2D eigenvalue weighted by Crippen LogP contribution is 2.32. The van der Waals surface area contributed by atoms with Gasteiger partial charge >= 0.3 is 0 Å². The topological polar surface area (TPSA) is 46.3 Å². The third-order valence-corrected chi connectivity index (χ3v) is 5.33.